The van der Waals surface area contributed by atoms with E-state index in [0.29, 0.717) is 6.42 Å². The van der Waals surface area contributed by atoms with Gasteiger partial charge in [-0.2, -0.15) is 0 Å². The van der Waals surface area contributed by atoms with Crippen LogP contribution < -0.4 is 0 Å². The molecule has 4 heteroatoms. The summed E-state index contributed by atoms with van der Waals surface area (Å²) < 4.78 is 0. The van der Waals surface area contributed by atoms with Crippen LogP contribution in [0.5, 0.6) is 5.75 Å². The number of aromatic hydroxyl groups is 1. The van der Waals surface area contributed by atoms with Crippen molar-refractivity contribution in [2.75, 3.05) is 5.75 Å². The lowest BCUT2D eigenvalue weighted by Gasteiger charge is -2.21. The lowest BCUT2D eigenvalue weighted by Crippen LogP contribution is -2.16. The van der Waals surface area contributed by atoms with Crippen LogP contribution >= 0.6 is 11.8 Å². The minimum atomic E-state index is -0.780. The molecular formula is C10H10O3S. The van der Waals surface area contributed by atoms with E-state index in [9.17, 15) is 9.90 Å². The Labute approximate surface area is 85.8 Å². The number of carbonyl (C=O) groups is 1. The third-order valence-corrected chi connectivity index (χ3v) is 3.44. The number of phenolic OH excluding ortho intramolecular Hbond substituents is 1. The number of fused-ring (bicyclic) bond motifs is 1. The second-order valence-corrected chi connectivity index (χ2v) is 4.39. The Kier molecular flexibility index (Phi) is 2.37. The Bertz CT molecular complexity index is 376. The Balaban J connectivity index is 2.44. The number of hydrogen-bond donors (Lipinski definition) is 2. The molecule has 0 spiro atoms. The van der Waals surface area contributed by atoms with Gasteiger partial charge >= 0.3 is 5.97 Å². The molecule has 0 aliphatic carbocycles. The van der Waals surface area contributed by atoms with Crippen molar-refractivity contribution in [2.45, 2.75) is 17.2 Å². The first-order valence-corrected chi connectivity index (χ1v) is 5.35. The van der Waals surface area contributed by atoms with Crippen LogP contribution in [0.2, 0.25) is 0 Å². The molecule has 0 saturated carbocycles. The summed E-state index contributed by atoms with van der Waals surface area (Å²) in [6.45, 7) is 0. The molecule has 0 aromatic heterocycles. The maximum atomic E-state index is 10.9. The number of carboxylic acid groups (broad SMARTS) is 1. The number of hydrogen-bond acceptors (Lipinski definition) is 3. The molecule has 74 valence electrons. The smallest absolute Gasteiger partial charge is 0.311 e. The zero-order valence-electron chi connectivity index (χ0n) is 7.43. The van der Waals surface area contributed by atoms with Gasteiger partial charge in [-0.3, -0.25) is 4.79 Å². The van der Waals surface area contributed by atoms with Gasteiger partial charge < -0.3 is 10.2 Å². The van der Waals surface area contributed by atoms with Gasteiger partial charge in [0.05, 0.1) is 5.92 Å². The van der Waals surface area contributed by atoms with E-state index in [-0.39, 0.29) is 5.75 Å². The summed E-state index contributed by atoms with van der Waals surface area (Å²) >= 11 is 1.60. The van der Waals surface area contributed by atoms with E-state index in [1.165, 1.54) is 0 Å². The van der Waals surface area contributed by atoms with Gasteiger partial charge in [0, 0.05) is 4.90 Å². The Morgan fingerprint density at radius 3 is 3.00 bits per heavy atom. The monoisotopic (exact) mass is 210 g/mol. The maximum absolute atomic E-state index is 10.9. The average Bonchev–Trinajstić information content (AvgIpc) is 2.16. The highest BCUT2D eigenvalue weighted by Crippen LogP contribution is 2.39. The highest BCUT2D eigenvalue weighted by atomic mass is 32.2. The summed E-state index contributed by atoms with van der Waals surface area (Å²) in [5.41, 5.74) is 0.826. The molecule has 0 amide bonds. The molecule has 3 nitrogen and oxygen atoms in total. The number of rotatable bonds is 1. The lowest BCUT2D eigenvalue weighted by atomic mass is 9.96. The van der Waals surface area contributed by atoms with Gasteiger partial charge in [0.25, 0.3) is 0 Å². The van der Waals surface area contributed by atoms with E-state index in [2.05, 4.69) is 0 Å². The van der Waals surface area contributed by atoms with Gasteiger partial charge in [-0.05, 0) is 29.9 Å². The second-order valence-electron chi connectivity index (χ2n) is 3.25. The number of carboxylic acids is 1. The van der Waals surface area contributed by atoms with E-state index < -0.39 is 11.9 Å². The molecular weight excluding hydrogens is 200 g/mol. The van der Waals surface area contributed by atoms with Crippen LogP contribution in [0.1, 0.15) is 17.9 Å². The summed E-state index contributed by atoms with van der Waals surface area (Å²) in [6.07, 6.45) is 0.664. The fourth-order valence-corrected chi connectivity index (χ4v) is 2.79. The van der Waals surface area contributed by atoms with Crippen molar-refractivity contribution in [2.24, 2.45) is 0 Å². The summed E-state index contributed by atoms with van der Waals surface area (Å²) in [6, 6.07) is 4.88. The van der Waals surface area contributed by atoms with Crippen molar-refractivity contribution in [1.82, 2.24) is 0 Å². The minimum absolute atomic E-state index is 0.197. The molecule has 2 rings (SSSR count). The topological polar surface area (TPSA) is 57.5 Å². The number of aliphatic carboxylic acids is 1. The van der Waals surface area contributed by atoms with E-state index in [4.69, 9.17) is 5.11 Å². The molecule has 1 heterocycles. The standard InChI is InChI=1S/C10H10O3S/c11-6-1-2-7-8(10(12)13)3-4-14-9(7)5-6/h1-2,5,8,11H,3-4H2,(H,12,13). The predicted molar refractivity (Wildman–Crippen MR) is 53.8 cm³/mol. The third kappa shape index (κ3) is 1.57. The van der Waals surface area contributed by atoms with Gasteiger partial charge in [-0.1, -0.05) is 6.07 Å². The molecule has 0 radical (unpaired) electrons. The Morgan fingerprint density at radius 1 is 1.50 bits per heavy atom. The molecule has 0 saturated heterocycles. The van der Waals surface area contributed by atoms with Gasteiger partial charge in [-0.15, -0.1) is 11.8 Å². The normalized spacial score (nSPS) is 20.1. The summed E-state index contributed by atoms with van der Waals surface area (Å²) in [5, 5.41) is 18.2. The van der Waals surface area contributed by atoms with Gasteiger partial charge in [0.2, 0.25) is 0 Å². The number of phenols is 1. The second kappa shape index (κ2) is 3.53. The van der Waals surface area contributed by atoms with E-state index in [1.54, 1.807) is 30.0 Å². The first kappa shape index (κ1) is 9.40. The Hall–Kier alpha value is -1.16. The molecule has 1 unspecified atom stereocenters. The van der Waals surface area contributed by atoms with Crippen LogP contribution in [-0.4, -0.2) is 21.9 Å². The van der Waals surface area contributed by atoms with E-state index in [1.807, 2.05) is 0 Å². The zero-order chi connectivity index (χ0) is 10.1. The van der Waals surface area contributed by atoms with E-state index >= 15 is 0 Å². The van der Waals surface area contributed by atoms with Crippen molar-refractivity contribution < 1.29 is 15.0 Å². The minimum Gasteiger partial charge on any atom is -0.508 e. The summed E-state index contributed by atoms with van der Waals surface area (Å²) in [7, 11) is 0. The van der Waals surface area contributed by atoms with Crippen molar-refractivity contribution in [3.8, 4) is 5.75 Å². The predicted octanol–water partition coefficient (Wildman–Crippen LogP) is 2.06. The SMILES string of the molecule is O=C(O)C1CCSc2cc(O)ccc21. The third-order valence-electron chi connectivity index (χ3n) is 2.33. The van der Waals surface area contributed by atoms with Crippen LogP contribution in [0.4, 0.5) is 0 Å². The van der Waals surface area contributed by atoms with Crippen LogP contribution in [0.15, 0.2) is 23.1 Å². The molecule has 1 aliphatic heterocycles. The van der Waals surface area contributed by atoms with Gasteiger partial charge in [-0.25, -0.2) is 0 Å². The van der Waals surface area contributed by atoms with Gasteiger partial charge in [0.15, 0.2) is 0 Å². The van der Waals surface area contributed by atoms with E-state index in [0.717, 1.165) is 16.2 Å². The molecule has 1 aliphatic rings. The summed E-state index contributed by atoms with van der Waals surface area (Å²) in [4.78, 5) is 11.8. The molecule has 2 N–H and O–H groups in total. The van der Waals surface area contributed by atoms with Crippen LogP contribution in [0, 0.1) is 0 Å². The fourth-order valence-electron chi connectivity index (χ4n) is 1.63. The van der Waals surface area contributed by atoms with Crippen molar-refractivity contribution in [3.05, 3.63) is 23.8 Å². The lowest BCUT2D eigenvalue weighted by molar-refractivity contribution is -0.138. The number of thioether (sulfide) groups is 1. The largest absolute Gasteiger partial charge is 0.508 e. The molecule has 0 bridgehead atoms. The molecule has 1 atom stereocenters. The van der Waals surface area contributed by atoms with Crippen molar-refractivity contribution >= 4 is 17.7 Å². The van der Waals surface area contributed by atoms with Crippen molar-refractivity contribution in [3.63, 3.8) is 0 Å². The quantitative estimate of drug-likeness (QED) is 0.744. The van der Waals surface area contributed by atoms with Crippen LogP contribution in [-0.2, 0) is 4.79 Å². The summed E-state index contributed by atoms with van der Waals surface area (Å²) in [5.74, 6) is -0.195. The van der Waals surface area contributed by atoms with Crippen LogP contribution in [0.25, 0.3) is 0 Å². The highest BCUT2D eigenvalue weighted by Gasteiger charge is 2.26. The van der Waals surface area contributed by atoms with Crippen LogP contribution in [0.3, 0.4) is 0 Å². The van der Waals surface area contributed by atoms with Gasteiger partial charge in [0.1, 0.15) is 5.75 Å². The molecule has 0 fully saturated rings. The molecule has 1 aromatic carbocycles. The molecule has 14 heavy (non-hydrogen) atoms. The fraction of sp³-hybridized carbons (Fsp3) is 0.300. The first-order valence-electron chi connectivity index (χ1n) is 4.37. The zero-order valence-corrected chi connectivity index (χ0v) is 8.25. The Morgan fingerprint density at radius 2 is 2.29 bits per heavy atom. The average molecular weight is 210 g/mol. The highest BCUT2D eigenvalue weighted by molar-refractivity contribution is 7.99. The molecule has 1 aromatic rings. The van der Waals surface area contributed by atoms with Crippen molar-refractivity contribution in [1.29, 1.82) is 0 Å². The first-order chi connectivity index (χ1) is 6.68. The maximum Gasteiger partial charge on any atom is 0.311 e. The number of benzene rings is 1.